The second-order valence-corrected chi connectivity index (χ2v) is 6.20. The van der Waals surface area contributed by atoms with Crippen LogP contribution in [-0.2, 0) is 6.42 Å². The summed E-state index contributed by atoms with van der Waals surface area (Å²) in [4.78, 5) is 14.4. The largest absolute Gasteiger partial charge is 0.491 e. The molecule has 1 atom stereocenters. The molecule has 3 N–H and O–H groups in total. The van der Waals surface area contributed by atoms with Gasteiger partial charge < -0.3 is 20.5 Å². The number of hydrogen-bond donors (Lipinski definition) is 3. The molecule has 0 bridgehead atoms. The predicted molar refractivity (Wildman–Crippen MR) is 124 cm³/mol. The highest BCUT2D eigenvalue weighted by molar-refractivity contribution is 14.0. The van der Waals surface area contributed by atoms with E-state index in [1.54, 1.807) is 18.2 Å². The van der Waals surface area contributed by atoms with Crippen LogP contribution in [0, 0.1) is 15.9 Å². The van der Waals surface area contributed by atoms with Crippen molar-refractivity contribution in [3.05, 3.63) is 70.0 Å². The van der Waals surface area contributed by atoms with Crippen LogP contribution in [0.4, 0.5) is 10.1 Å². The first-order valence-corrected chi connectivity index (χ1v) is 9.30. The molecule has 0 saturated carbocycles. The van der Waals surface area contributed by atoms with Crippen molar-refractivity contribution in [1.82, 2.24) is 10.6 Å². The van der Waals surface area contributed by atoms with E-state index >= 15 is 0 Å². The van der Waals surface area contributed by atoms with Gasteiger partial charge in [-0.3, -0.25) is 15.1 Å². The van der Waals surface area contributed by atoms with Gasteiger partial charge in [-0.05, 0) is 37.1 Å². The van der Waals surface area contributed by atoms with Gasteiger partial charge in [0.1, 0.15) is 24.3 Å². The number of hydrogen-bond acceptors (Lipinski definition) is 5. The Kier molecular flexibility index (Phi) is 11.7. The summed E-state index contributed by atoms with van der Waals surface area (Å²) in [5.74, 6) is 0.696. The normalized spacial score (nSPS) is 11.9. The van der Waals surface area contributed by atoms with Gasteiger partial charge >= 0.3 is 0 Å². The molecule has 1 unspecified atom stereocenters. The van der Waals surface area contributed by atoms with E-state index in [1.807, 2.05) is 6.92 Å². The van der Waals surface area contributed by atoms with Gasteiger partial charge in [-0.15, -0.1) is 24.0 Å². The third-order valence-electron chi connectivity index (χ3n) is 3.94. The molecule has 0 aliphatic rings. The molecule has 0 aromatic heterocycles. The summed E-state index contributed by atoms with van der Waals surface area (Å²) in [6.07, 6.45) is -0.352. The van der Waals surface area contributed by atoms with Crippen molar-refractivity contribution in [1.29, 1.82) is 0 Å². The smallest absolute Gasteiger partial charge is 0.269 e. The van der Waals surface area contributed by atoms with Crippen LogP contribution < -0.4 is 15.4 Å². The Morgan fingerprint density at radius 2 is 1.93 bits per heavy atom. The molecule has 0 aliphatic heterocycles. The minimum absolute atomic E-state index is 0. The molecule has 0 amide bonds. The first kappa shape index (κ1) is 25.6. The third-order valence-corrected chi connectivity index (χ3v) is 3.94. The summed E-state index contributed by atoms with van der Waals surface area (Å²) in [5, 5.41) is 26.9. The predicted octanol–water partition coefficient (Wildman–Crippen LogP) is 2.89. The van der Waals surface area contributed by atoms with E-state index in [2.05, 4.69) is 15.6 Å². The molecule has 0 fully saturated rings. The molecule has 2 rings (SSSR count). The number of rotatable bonds is 10. The number of aliphatic hydroxyl groups is 1. The number of nitro benzene ring substituents is 1. The second-order valence-electron chi connectivity index (χ2n) is 6.20. The molecule has 30 heavy (non-hydrogen) atoms. The molecule has 0 radical (unpaired) electrons. The zero-order valence-electron chi connectivity index (χ0n) is 16.6. The second kappa shape index (κ2) is 13.7. The fourth-order valence-corrected chi connectivity index (χ4v) is 2.46. The number of aliphatic imine (C=N–C) groups is 1. The Hall–Kier alpha value is -2.47. The Balaban J connectivity index is 0.00000450. The number of nitrogens with zero attached hydrogens (tertiary/aromatic N) is 2. The maximum Gasteiger partial charge on any atom is 0.269 e. The molecule has 0 heterocycles. The fraction of sp³-hybridized carbons (Fsp3) is 0.350. The quantitative estimate of drug-likeness (QED) is 0.143. The molecular formula is C20H26FIN4O4. The lowest BCUT2D eigenvalue weighted by molar-refractivity contribution is -0.384. The van der Waals surface area contributed by atoms with Crippen LogP contribution in [0.25, 0.3) is 0 Å². The van der Waals surface area contributed by atoms with Crippen LogP contribution in [-0.4, -0.2) is 48.3 Å². The average molecular weight is 532 g/mol. The SMILES string of the molecule is CCNC(=NCC(O)COc1ccc([N+](=O)[O-])cc1)NCCc1ccccc1F.I. The topological polar surface area (TPSA) is 109 Å². The van der Waals surface area contributed by atoms with Crippen molar-refractivity contribution in [3.8, 4) is 5.75 Å². The first-order valence-electron chi connectivity index (χ1n) is 9.30. The van der Waals surface area contributed by atoms with Gasteiger partial charge in [-0.1, -0.05) is 18.2 Å². The monoisotopic (exact) mass is 532 g/mol. The number of aliphatic hydroxyl groups excluding tert-OH is 1. The summed E-state index contributed by atoms with van der Waals surface area (Å²) in [7, 11) is 0. The Labute approximate surface area is 191 Å². The highest BCUT2D eigenvalue weighted by Crippen LogP contribution is 2.17. The van der Waals surface area contributed by atoms with Crippen molar-refractivity contribution in [2.75, 3.05) is 26.2 Å². The number of nitrogens with one attached hydrogen (secondary N) is 2. The van der Waals surface area contributed by atoms with E-state index in [0.717, 1.165) is 0 Å². The van der Waals surface area contributed by atoms with E-state index in [-0.39, 0.29) is 48.6 Å². The summed E-state index contributed by atoms with van der Waals surface area (Å²) in [6.45, 7) is 3.14. The van der Waals surface area contributed by atoms with E-state index < -0.39 is 11.0 Å². The average Bonchev–Trinajstić information content (AvgIpc) is 2.72. The molecule has 0 aliphatic carbocycles. The molecule has 8 nitrogen and oxygen atoms in total. The molecule has 0 saturated heterocycles. The summed E-state index contributed by atoms with van der Waals surface area (Å²) >= 11 is 0. The molecule has 164 valence electrons. The highest BCUT2D eigenvalue weighted by atomic mass is 127. The fourth-order valence-electron chi connectivity index (χ4n) is 2.46. The van der Waals surface area contributed by atoms with Crippen LogP contribution in [0.15, 0.2) is 53.5 Å². The van der Waals surface area contributed by atoms with Crippen molar-refractivity contribution in [2.24, 2.45) is 4.99 Å². The minimum Gasteiger partial charge on any atom is -0.491 e. The Bertz CT molecular complexity index is 821. The van der Waals surface area contributed by atoms with Crippen molar-refractivity contribution < 1.29 is 19.2 Å². The molecule has 2 aromatic rings. The lowest BCUT2D eigenvalue weighted by atomic mass is 10.1. The van der Waals surface area contributed by atoms with E-state index in [4.69, 9.17) is 4.74 Å². The molecular weight excluding hydrogens is 506 g/mol. The van der Waals surface area contributed by atoms with Gasteiger partial charge in [-0.25, -0.2) is 4.39 Å². The van der Waals surface area contributed by atoms with Crippen molar-refractivity contribution >= 4 is 35.6 Å². The van der Waals surface area contributed by atoms with Gasteiger partial charge in [0.15, 0.2) is 5.96 Å². The van der Waals surface area contributed by atoms with Gasteiger partial charge in [0.25, 0.3) is 5.69 Å². The lowest BCUT2D eigenvalue weighted by Crippen LogP contribution is -2.39. The summed E-state index contributed by atoms with van der Waals surface area (Å²) in [5.41, 5.74) is 0.589. The third kappa shape index (κ3) is 8.91. The highest BCUT2D eigenvalue weighted by Gasteiger charge is 2.08. The van der Waals surface area contributed by atoms with Crippen molar-refractivity contribution in [3.63, 3.8) is 0 Å². The number of benzene rings is 2. The first-order chi connectivity index (χ1) is 14.0. The van der Waals surface area contributed by atoms with Crippen LogP contribution in [0.2, 0.25) is 0 Å². The molecule has 10 heteroatoms. The van der Waals surface area contributed by atoms with Crippen molar-refractivity contribution in [2.45, 2.75) is 19.4 Å². The number of ether oxygens (including phenoxy) is 1. The van der Waals surface area contributed by atoms with Crippen LogP contribution in [0.1, 0.15) is 12.5 Å². The zero-order valence-corrected chi connectivity index (χ0v) is 18.9. The lowest BCUT2D eigenvalue weighted by Gasteiger charge is -2.14. The van der Waals surface area contributed by atoms with Gasteiger partial charge in [0.2, 0.25) is 0 Å². The minimum atomic E-state index is -0.854. The standard InChI is InChI=1S/C20H25FN4O4.HI/c1-2-22-20(23-12-11-15-5-3-4-6-19(15)21)24-13-17(26)14-29-18-9-7-16(8-10-18)25(27)28;/h3-10,17,26H,2,11-14H2,1H3,(H2,22,23,24);1H. The maximum absolute atomic E-state index is 13.6. The van der Waals surface area contributed by atoms with E-state index in [9.17, 15) is 19.6 Å². The maximum atomic E-state index is 13.6. The Morgan fingerprint density at radius 1 is 1.23 bits per heavy atom. The van der Waals surface area contributed by atoms with Gasteiger partial charge in [-0.2, -0.15) is 0 Å². The van der Waals surface area contributed by atoms with Crippen LogP contribution in [0.5, 0.6) is 5.75 Å². The van der Waals surface area contributed by atoms with E-state index in [0.29, 0.717) is 36.8 Å². The zero-order chi connectivity index (χ0) is 21.1. The number of guanidine groups is 1. The molecule has 2 aromatic carbocycles. The molecule has 0 spiro atoms. The van der Waals surface area contributed by atoms with E-state index in [1.165, 1.54) is 30.3 Å². The number of nitro groups is 1. The van der Waals surface area contributed by atoms with Gasteiger partial charge in [0, 0.05) is 25.2 Å². The van der Waals surface area contributed by atoms with Crippen LogP contribution in [0.3, 0.4) is 0 Å². The summed E-state index contributed by atoms with van der Waals surface area (Å²) < 4.78 is 19.1. The number of non-ortho nitro benzene ring substituents is 1. The summed E-state index contributed by atoms with van der Waals surface area (Å²) in [6, 6.07) is 12.2. The number of halogens is 2. The van der Waals surface area contributed by atoms with Gasteiger partial charge in [0.05, 0.1) is 11.5 Å². The van der Waals surface area contributed by atoms with Crippen LogP contribution >= 0.6 is 24.0 Å². The Morgan fingerprint density at radius 3 is 2.57 bits per heavy atom.